The highest BCUT2D eigenvalue weighted by molar-refractivity contribution is 5.82. The summed E-state index contributed by atoms with van der Waals surface area (Å²) in [6.07, 6.45) is 2.97. The van der Waals surface area contributed by atoms with E-state index in [1.165, 1.54) is 12.1 Å². The molecule has 1 atom stereocenters. The Morgan fingerprint density at radius 1 is 1.39 bits per heavy atom. The first-order valence-electron chi connectivity index (χ1n) is 7.58. The van der Waals surface area contributed by atoms with Crippen molar-refractivity contribution in [3.05, 3.63) is 47.9 Å². The van der Waals surface area contributed by atoms with Crippen molar-refractivity contribution in [1.29, 1.82) is 0 Å². The van der Waals surface area contributed by atoms with Crippen LogP contribution < -0.4 is 10.6 Å². The number of aromatic nitrogens is 1. The number of rotatable bonds is 4. The quantitative estimate of drug-likeness (QED) is 0.806. The molecule has 3 rings (SSSR count). The molecule has 0 saturated carbocycles. The van der Waals surface area contributed by atoms with Crippen LogP contribution in [0.4, 0.5) is 4.39 Å². The second kappa shape index (κ2) is 6.75. The Balaban J connectivity index is 1.72. The van der Waals surface area contributed by atoms with Crippen LogP contribution in [0.5, 0.6) is 5.75 Å². The number of hydrogen-bond donors (Lipinski definition) is 3. The number of carbonyl (C=O) groups is 1. The number of amides is 1. The Morgan fingerprint density at radius 2 is 2.26 bits per heavy atom. The van der Waals surface area contributed by atoms with Gasteiger partial charge in [-0.25, -0.2) is 4.39 Å². The van der Waals surface area contributed by atoms with Crippen molar-refractivity contribution in [3.8, 4) is 17.0 Å². The van der Waals surface area contributed by atoms with Crippen molar-refractivity contribution in [2.24, 2.45) is 0 Å². The van der Waals surface area contributed by atoms with E-state index in [1.54, 1.807) is 18.2 Å². The molecule has 1 fully saturated rings. The van der Waals surface area contributed by atoms with Gasteiger partial charge >= 0.3 is 0 Å². The van der Waals surface area contributed by atoms with E-state index in [1.807, 2.05) is 0 Å². The highest BCUT2D eigenvalue weighted by atomic mass is 19.1. The van der Waals surface area contributed by atoms with Gasteiger partial charge in [-0.15, -0.1) is 0 Å². The molecule has 2 heterocycles. The summed E-state index contributed by atoms with van der Waals surface area (Å²) in [5, 5.41) is 16.0. The summed E-state index contributed by atoms with van der Waals surface area (Å²) in [7, 11) is 0. The molecule has 0 radical (unpaired) electrons. The fraction of sp³-hybridized carbons (Fsp3) is 0.294. The number of phenolic OH excluding ortho intramolecular Hbond substituents is 1. The number of hydrogen-bond acceptors (Lipinski definition) is 4. The molecule has 2 aromatic rings. The Kier molecular flexibility index (Phi) is 4.52. The van der Waals surface area contributed by atoms with E-state index in [0.717, 1.165) is 31.1 Å². The van der Waals surface area contributed by atoms with Crippen molar-refractivity contribution >= 4 is 5.91 Å². The number of phenols is 1. The molecule has 1 aliphatic rings. The van der Waals surface area contributed by atoms with Gasteiger partial charge in [-0.05, 0) is 49.2 Å². The monoisotopic (exact) mass is 315 g/mol. The molecule has 1 unspecified atom stereocenters. The lowest BCUT2D eigenvalue weighted by molar-refractivity contribution is -0.122. The maximum absolute atomic E-state index is 13.0. The molecule has 0 bridgehead atoms. The zero-order chi connectivity index (χ0) is 16.2. The average molecular weight is 315 g/mol. The molecule has 6 heteroatoms. The van der Waals surface area contributed by atoms with Crippen molar-refractivity contribution in [2.45, 2.75) is 25.4 Å². The number of carbonyl (C=O) groups excluding carboxylic acids is 1. The molecule has 1 aromatic heterocycles. The van der Waals surface area contributed by atoms with Gasteiger partial charge in [0.2, 0.25) is 5.91 Å². The summed E-state index contributed by atoms with van der Waals surface area (Å²) >= 11 is 0. The van der Waals surface area contributed by atoms with E-state index in [-0.39, 0.29) is 17.7 Å². The highest BCUT2D eigenvalue weighted by Crippen LogP contribution is 2.28. The first-order chi connectivity index (χ1) is 11.1. The van der Waals surface area contributed by atoms with Crippen LogP contribution in [0.15, 0.2) is 36.5 Å². The number of nitrogens with zero attached hydrogens (tertiary/aromatic N) is 1. The fourth-order valence-electron chi connectivity index (χ4n) is 2.65. The van der Waals surface area contributed by atoms with Gasteiger partial charge < -0.3 is 15.7 Å². The van der Waals surface area contributed by atoms with E-state index >= 15 is 0 Å². The minimum absolute atomic E-state index is 0.0166. The third-order valence-corrected chi connectivity index (χ3v) is 3.91. The van der Waals surface area contributed by atoms with E-state index in [2.05, 4.69) is 15.6 Å². The Bertz CT molecular complexity index is 697. The lowest BCUT2D eigenvalue weighted by Gasteiger charge is -2.12. The van der Waals surface area contributed by atoms with Crippen molar-refractivity contribution in [1.82, 2.24) is 15.6 Å². The molecular formula is C17H18FN3O2. The predicted octanol–water partition coefficient (Wildman–Crippen LogP) is 1.96. The molecule has 0 aliphatic carbocycles. The first kappa shape index (κ1) is 15.4. The number of aromatic hydroxyl groups is 1. The standard InChI is InChI=1S/C17H18FN3O2/c18-12-4-5-14(20-10-12)13-8-11(3-6-16(13)22)9-21-17(23)15-2-1-7-19-15/h3-6,8,10,15,19,22H,1-2,7,9H2,(H,21,23). The van der Waals surface area contributed by atoms with Gasteiger partial charge in [-0.3, -0.25) is 9.78 Å². The van der Waals surface area contributed by atoms with E-state index in [4.69, 9.17) is 0 Å². The summed E-state index contributed by atoms with van der Waals surface area (Å²) in [5.74, 6) is -0.380. The zero-order valence-electron chi connectivity index (χ0n) is 12.6. The maximum Gasteiger partial charge on any atom is 0.237 e. The van der Waals surface area contributed by atoms with Crippen LogP contribution in [0.3, 0.4) is 0 Å². The number of halogens is 1. The van der Waals surface area contributed by atoms with Crippen LogP contribution in [0.2, 0.25) is 0 Å². The van der Waals surface area contributed by atoms with Crippen molar-refractivity contribution < 1.29 is 14.3 Å². The Morgan fingerprint density at radius 3 is 2.96 bits per heavy atom. The summed E-state index contributed by atoms with van der Waals surface area (Å²) in [5.41, 5.74) is 1.83. The minimum Gasteiger partial charge on any atom is -0.507 e. The smallest absolute Gasteiger partial charge is 0.237 e. The molecule has 1 saturated heterocycles. The number of nitrogens with one attached hydrogen (secondary N) is 2. The van der Waals surface area contributed by atoms with E-state index in [0.29, 0.717) is 17.8 Å². The molecule has 1 aromatic carbocycles. The Labute approximate surface area is 133 Å². The number of benzene rings is 1. The molecule has 120 valence electrons. The zero-order valence-corrected chi connectivity index (χ0v) is 12.6. The number of pyridine rings is 1. The van der Waals surface area contributed by atoms with Gasteiger partial charge in [-0.1, -0.05) is 6.07 Å². The van der Waals surface area contributed by atoms with Gasteiger partial charge in [0, 0.05) is 12.1 Å². The van der Waals surface area contributed by atoms with Crippen LogP contribution >= 0.6 is 0 Å². The summed E-state index contributed by atoms with van der Waals surface area (Å²) in [6.45, 7) is 1.24. The van der Waals surface area contributed by atoms with Gasteiger partial charge in [0.1, 0.15) is 11.6 Å². The van der Waals surface area contributed by atoms with Crippen LogP contribution in [-0.2, 0) is 11.3 Å². The van der Waals surface area contributed by atoms with Crippen molar-refractivity contribution in [2.75, 3.05) is 6.54 Å². The largest absolute Gasteiger partial charge is 0.507 e. The van der Waals surface area contributed by atoms with Gasteiger partial charge in [0.25, 0.3) is 0 Å². The van der Waals surface area contributed by atoms with E-state index in [9.17, 15) is 14.3 Å². The molecule has 1 amide bonds. The minimum atomic E-state index is -0.430. The first-order valence-corrected chi connectivity index (χ1v) is 7.58. The second-order valence-electron chi connectivity index (χ2n) is 5.58. The lowest BCUT2D eigenvalue weighted by Crippen LogP contribution is -2.39. The molecule has 5 nitrogen and oxygen atoms in total. The maximum atomic E-state index is 13.0. The van der Waals surface area contributed by atoms with Crippen LogP contribution in [0.1, 0.15) is 18.4 Å². The lowest BCUT2D eigenvalue weighted by atomic mass is 10.1. The second-order valence-corrected chi connectivity index (χ2v) is 5.58. The van der Waals surface area contributed by atoms with Crippen LogP contribution in [-0.4, -0.2) is 28.6 Å². The molecule has 23 heavy (non-hydrogen) atoms. The average Bonchev–Trinajstić information content (AvgIpc) is 3.09. The fourth-order valence-corrected chi connectivity index (χ4v) is 2.65. The summed E-state index contributed by atoms with van der Waals surface area (Å²) in [4.78, 5) is 16.0. The summed E-state index contributed by atoms with van der Waals surface area (Å²) < 4.78 is 13.0. The van der Waals surface area contributed by atoms with Crippen LogP contribution in [0.25, 0.3) is 11.3 Å². The van der Waals surface area contributed by atoms with Gasteiger partial charge in [-0.2, -0.15) is 0 Å². The van der Waals surface area contributed by atoms with Crippen molar-refractivity contribution in [3.63, 3.8) is 0 Å². The third-order valence-electron chi connectivity index (χ3n) is 3.91. The molecule has 0 spiro atoms. The van der Waals surface area contributed by atoms with Gasteiger partial charge in [0.05, 0.1) is 17.9 Å². The van der Waals surface area contributed by atoms with Gasteiger partial charge in [0.15, 0.2) is 0 Å². The topological polar surface area (TPSA) is 74.2 Å². The SMILES string of the molecule is O=C(NCc1ccc(O)c(-c2ccc(F)cn2)c1)C1CCCN1. The van der Waals surface area contributed by atoms with E-state index < -0.39 is 5.82 Å². The molecule has 3 N–H and O–H groups in total. The van der Waals surface area contributed by atoms with Crippen LogP contribution in [0, 0.1) is 5.82 Å². The summed E-state index contributed by atoms with van der Waals surface area (Å²) in [6, 6.07) is 7.72. The Hall–Kier alpha value is -2.47. The molecular weight excluding hydrogens is 297 g/mol. The normalized spacial score (nSPS) is 17.2. The molecule has 1 aliphatic heterocycles. The highest BCUT2D eigenvalue weighted by Gasteiger charge is 2.21. The predicted molar refractivity (Wildman–Crippen MR) is 84.2 cm³/mol. The third kappa shape index (κ3) is 3.65.